The molecule has 0 fully saturated rings. The van der Waals surface area contributed by atoms with E-state index in [1.54, 1.807) is 7.11 Å². The number of hydrogen-bond donors (Lipinski definition) is 2. The Morgan fingerprint density at radius 2 is 2.06 bits per heavy atom. The molecule has 0 bridgehead atoms. The molecule has 0 aliphatic carbocycles. The highest BCUT2D eigenvalue weighted by Crippen LogP contribution is 2.38. The summed E-state index contributed by atoms with van der Waals surface area (Å²) in [6.07, 6.45) is 1.86. The van der Waals surface area contributed by atoms with E-state index in [4.69, 9.17) is 4.74 Å². The number of rotatable bonds is 7. The SMILES string of the molecule is CCSc1cccc(-c2cc(C(=O)NCCOC)c(C)c3[nH]c4ncc(C)cc4c23)c1. The van der Waals surface area contributed by atoms with Crippen LogP contribution in [-0.4, -0.2) is 41.9 Å². The summed E-state index contributed by atoms with van der Waals surface area (Å²) in [7, 11) is 1.63. The maximum atomic E-state index is 13.0. The van der Waals surface area contributed by atoms with Crippen molar-refractivity contribution in [3.63, 3.8) is 0 Å². The predicted molar refractivity (Wildman–Crippen MR) is 129 cm³/mol. The van der Waals surface area contributed by atoms with E-state index < -0.39 is 0 Å². The Labute approximate surface area is 186 Å². The monoisotopic (exact) mass is 433 g/mol. The average molecular weight is 434 g/mol. The van der Waals surface area contributed by atoms with Gasteiger partial charge in [-0.3, -0.25) is 4.79 Å². The number of pyridine rings is 1. The quantitative estimate of drug-likeness (QED) is 0.299. The molecule has 160 valence electrons. The van der Waals surface area contributed by atoms with E-state index in [-0.39, 0.29) is 5.91 Å². The van der Waals surface area contributed by atoms with Crippen molar-refractivity contribution < 1.29 is 9.53 Å². The van der Waals surface area contributed by atoms with Crippen LogP contribution >= 0.6 is 11.8 Å². The summed E-state index contributed by atoms with van der Waals surface area (Å²) in [6.45, 7) is 7.14. The summed E-state index contributed by atoms with van der Waals surface area (Å²) in [6, 6.07) is 12.7. The number of nitrogens with zero attached hydrogens (tertiary/aromatic N) is 1. The normalized spacial score (nSPS) is 11.4. The summed E-state index contributed by atoms with van der Waals surface area (Å²) in [5.41, 5.74) is 6.61. The first kappa shape index (κ1) is 21.4. The van der Waals surface area contributed by atoms with Gasteiger partial charge in [0, 0.05) is 41.1 Å². The first-order valence-electron chi connectivity index (χ1n) is 10.5. The Kier molecular flexibility index (Phi) is 6.30. The number of carbonyl (C=O) groups is 1. The molecule has 4 rings (SSSR count). The highest BCUT2D eigenvalue weighted by Gasteiger charge is 2.20. The maximum Gasteiger partial charge on any atom is 0.251 e. The van der Waals surface area contributed by atoms with Crippen LogP contribution in [0.15, 0.2) is 47.5 Å². The molecule has 2 aromatic carbocycles. The van der Waals surface area contributed by atoms with Gasteiger partial charge in [0.2, 0.25) is 0 Å². The number of nitrogens with one attached hydrogen (secondary N) is 2. The van der Waals surface area contributed by atoms with E-state index in [0.29, 0.717) is 18.7 Å². The minimum absolute atomic E-state index is 0.0976. The Bertz CT molecular complexity index is 1260. The molecule has 0 aliphatic rings. The van der Waals surface area contributed by atoms with Crippen molar-refractivity contribution in [3.8, 4) is 11.1 Å². The number of fused-ring (bicyclic) bond motifs is 3. The number of thioether (sulfide) groups is 1. The standard InChI is InChI=1S/C25H27N3O2S/c1-5-31-18-8-6-7-17(12-18)20-13-19(25(29)26-9-10-30-4)16(3)23-22(20)21-11-15(2)14-27-24(21)28-23/h6-8,11-14H,5,9-10H2,1-4H3,(H,26,29)(H,27,28). The van der Waals surface area contributed by atoms with Gasteiger partial charge in [0.25, 0.3) is 5.91 Å². The zero-order chi connectivity index (χ0) is 22.0. The van der Waals surface area contributed by atoms with Crippen molar-refractivity contribution in [3.05, 3.63) is 59.3 Å². The van der Waals surface area contributed by atoms with Crippen molar-refractivity contribution in [2.24, 2.45) is 0 Å². The molecule has 0 saturated heterocycles. The van der Waals surface area contributed by atoms with Gasteiger partial charge in [0.15, 0.2) is 0 Å². The maximum absolute atomic E-state index is 13.0. The van der Waals surface area contributed by atoms with Gasteiger partial charge in [0.05, 0.1) is 12.1 Å². The van der Waals surface area contributed by atoms with E-state index in [0.717, 1.165) is 49.9 Å². The molecular weight excluding hydrogens is 406 g/mol. The molecule has 0 radical (unpaired) electrons. The van der Waals surface area contributed by atoms with Gasteiger partial charge < -0.3 is 15.0 Å². The Hall–Kier alpha value is -2.83. The summed E-state index contributed by atoms with van der Waals surface area (Å²) in [4.78, 5) is 22.3. The molecule has 0 saturated carbocycles. The van der Waals surface area contributed by atoms with Gasteiger partial charge in [-0.25, -0.2) is 4.98 Å². The van der Waals surface area contributed by atoms with Crippen LogP contribution in [0.2, 0.25) is 0 Å². The van der Waals surface area contributed by atoms with Gasteiger partial charge in [-0.05, 0) is 66.1 Å². The Morgan fingerprint density at radius 3 is 2.84 bits per heavy atom. The van der Waals surface area contributed by atoms with Crippen LogP contribution in [0.5, 0.6) is 0 Å². The van der Waals surface area contributed by atoms with Crippen molar-refractivity contribution >= 4 is 39.6 Å². The van der Waals surface area contributed by atoms with Crippen LogP contribution < -0.4 is 5.32 Å². The molecule has 2 heterocycles. The van der Waals surface area contributed by atoms with Gasteiger partial charge in [-0.1, -0.05) is 19.1 Å². The number of H-pyrrole nitrogens is 1. The number of carbonyl (C=O) groups excluding carboxylic acids is 1. The van der Waals surface area contributed by atoms with Crippen LogP contribution in [0.25, 0.3) is 33.1 Å². The first-order valence-corrected chi connectivity index (χ1v) is 11.4. The molecule has 2 N–H and O–H groups in total. The Balaban J connectivity index is 1.98. The fraction of sp³-hybridized carbons (Fsp3) is 0.280. The summed E-state index contributed by atoms with van der Waals surface area (Å²) < 4.78 is 5.08. The van der Waals surface area contributed by atoms with E-state index in [2.05, 4.69) is 52.5 Å². The van der Waals surface area contributed by atoms with Crippen molar-refractivity contribution in [1.82, 2.24) is 15.3 Å². The minimum Gasteiger partial charge on any atom is -0.383 e. The fourth-order valence-electron chi connectivity index (χ4n) is 3.94. The van der Waals surface area contributed by atoms with E-state index in [9.17, 15) is 4.79 Å². The first-order chi connectivity index (χ1) is 15.0. The van der Waals surface area contributed by atoms with Crippen LogP contribution in [0.1, 0.15) is 28.4 Å². The lowest BCUT2D eigenvalue weighted by Crippen LogP contribution is -2.27. The Morgan fingerprint density at radius 1 is 1.23 bits per heavy atom. The van der Waals surface area contributed by atoms with Crippen LogP contribution in [-0.2, 0) is 4.74 Å². The van der Waals surface area contributed by atoms with Crippen LogP contribution in [0, 0.1) is 13.8 Å². The van der Waals surface area contributed by atoms with Crippen molar-refractivity contribution in [1.29, 1.82) is 0 Å². The number of ether oxygens (including phenoxy) is 1. The van der Waals surface area contributed by atoms with Gasteiger partial charge in [0.1, 0.15) is 5.65 Å². The fourth-order valence-corrected chi connectivity index (χ4v) is 4.66. The predicted octanol–water partition coefficient (Wildman–Crippen LogP) is 5.49. The van der Waals surface area contributed by atoms with Crippen LogP contribution in [0.3, 0.4) is 0 Å². The summed E-state index contributed by atoms with van der Waals surface area (Å²) in [5.74, 6) is 0.912. The third-order valence-electron chi connectivity index (χ3n) is 5.42. The molecule has 6 heteroatoms. The smallest absolute Gasteiger partial charge is 0.251 e. The van der Waals surface area contributed by atoms with Gasteiger partial charge in [-0.2, -0.15) is 0 Å². The molecule has 5 nitrogen and oxygen atoms in total. The number of methoxy groups -OCH3 is 1. The van der Waals surface area contributed by atoms with Crippen molar-refractivity contribution in [2.75, 3.05) is 26.0 Å². The number of aryl methyl sites for hydroxylation is 2. The van der Waals surface area contributed by atoms with E-state index >= 15 is 0 Å². The molecule has 31 heavy (non-hydrogen) atoms. The number of aromatic amines is 1. The molecule has 2 aromatic heterocycles. The lowest BCUT2D eigenvalue weighted by Gasteiger charge is -2.13. The topological polar surface area (TPSA) is 67.0 Å². The number of benzene rings is 2. The second kappa shape index (κ2) is 9.12. The molecular formula is C25H27N3O2S. The largest absolute Gasteiger partial charge is 0.383 e. The van der Waals surface area contributed by atoms with Crippen LogP contribution in [0.4, 0.5) is 0 Å². The highest BCUT2D eigenvalue weighted by atomic mass is 32.2. The molecule has 0 aliphatic heterocycles. The highest BCUT2D eigenvalue weighted by molar-refractivity contribution is 7.99. The molecule has 0 spiro atoms. The lowest BCUT2D eigenvalue weighted by molar-refractivity contribution is 0.0936. The second-order valence-electron chi connectivity index (χ2n) is 7.59. The second-order valence-corrected chi connectivity index (χ2v) is 8.93. The molecule has 4 aromatic rings. The van der Waals surface area contributed by atoms with E-state index in [1.165, 1.54) is 4.90 Å². The third-order valence-corrected chi connectivity index (χ3v) is 6.29. The zero-order valence-electron chi connectivity index (χ0n) is 18.3. The lowest BCUT2D eigenvalue weighted by atomic mass is 9.93. The third kappa shape index (κ3) is 4.18. The molecule has 0 unspecified atom stereocenters. The average Bonchev–Trinajstić information content (AvgIpc) is 3.14. The zero-order valence-corrected chi connectivity index (χ0v) is 19.2. The molecule has 0 atom stereocenters. The number of hydrogen-bond acceptors (Lipinski definition) is 4. The number of aromatic nitrogens is 2. The number of amides is 1. The summed E-state index contributed by atoms with van der Waals surface area (Å²) in [5, 5.41) is 5.15. The molecule has 1 amide bonds. The van der Waals surface area contributed by atoms with E-state index in [1.807, 2.05) is 37.9 Å². The van der Waals surface area contributed by atoms with Gasteiger partial charge >= 0.3 is 0 Å². The van der Waals surface area contributed by atoms with Crippen molar-refractivity contribution in [2.45, 2.75) is 25.7 Å². The summed E-state index contributed by atoms with van der Waals surface area (Å²) >= 11 is 1.81. The minimum atomic E-state index is -0.0976. The van der Waals surface area contributed by atoms with Gasteiger partial charge in [-0.15, -0.1) is 11.8 Å².